The number of halogens is 1. The van der Waals surface area contributed by atoms with Crippen LogP contribution in [0.3, 0.4) is 0 Å². The second-order valence-electron chi connectivity index (χ2n) is 5.64. The molecule has 3 heteroatoms. The number of hydrogen-bond donors (Lipinski definition) is 1. The molecule has 0 aliphatic carbocycles. The molecule has 20 heavy (non-hydrogen) atoms. The third-order valence-corrected chi connectivity index (χ3v) is 6.10. The molecule has 1 unspecified atom stereocenters. The summed E-state index contributed by atoms with van der Waals surface area (Å²) in [7, 11) is 2.04. The fourth-order valence-corrected chi connectivity index (χ4v) is 4.08. The summed E-state index contributed by atoms with van der Waals surface area (Å²) in [5, 5.41) is 3.42. The highest BCUT2D eigenvalue weighted by atomic mass is 79.9. The highest BCUT2D eigenvalue weighted by molar-refractivity contribution is 9.10. The van der Waals surface area contributed by atoms with Gasteiger partial charge in [-0.15, -0.1) is 11.3 Å². The maximum Gasteiger partial charge on any atom is 0.0435 e. The topological polar surface area (TPSA) is 12.0 Å². The van der Waals surface area contributed by atoms with Crippen LogP contribution in [-0.2, 0) is 0 Å². The minimum atomic E-state index is 0.436. The van der Waals surface area contributed by atoms with Crippen LogP contribution >= 0.6 is 27.3 Å². The lowest BCUT2D eigenvalue weighted by Gasteiger charge is -2.18. The Morgan fingerprint density at radius 2 is 1.70 bits per heavy atom. The van der Waals surface area contributed by atoms with Crippen LogP contribution in [0.1, 0.15) is 35.9 Å². The van der Waals surface area contributed by atoms with E-state index in [1.807, 2.05) is 18.4 Å². The molecule has 1 aromatic carbocycles. The first kappa shape index (κ1) is 15.7. The summed E-state index contributed by atoms with van der Waals surface area (Å²) in [6.07, 6.45) is 0. The van der Waals surface area contributed by atoms with Crippen LogP contribution < -0.4 is 5.32 Å². The Bertz CT molecular complexity index is 578. The molecule has 1 atom stereocenters. The summed E-state index contributed by atoms with van der Waals surface area (Å²) < 4.78 is 1.22. The van der Waals surface area contributed by atoms with Crippen molar-refractivity contribution in [2.45, 2.75) is 33.7 Å². The molecule has 0 aliphatic heterocycles. The van der Waals surface area contributed by atoms with Crippen LogP contribution in [0.2, 0.25) is 0 Å². The molecule has 2 rings (SSSR count). The van der Waals surface area contributed by atoms with Crippen molar-refractivity contribution in [3.05, 3.63) is 44.7 Å². The third kappa shape index (κ3) is 3.16. The highest BCUT2D eigenvalue weighted by Gasteiger charge is 2.16. The summed E-state index contributed by atoms with van der Waals surface area (Å²) >= 11 is 5.53. The van der Waals surface area contributed by atoms with Gasteiger partial charge in [-0.1, -0.05) is 29.8 Å². The molecule has 1 nitrogen and oxygen atoms in total. The Kier molecular flexibility index (Phi) is 5.05. The average molecular weight is 352 g/mol. The second kappa shape index (κ2) is 6.42. The molecule has 0 saturated carbocycles. The monoisotopic (exact) mass is 351 g/mol. The minimum absolute atomic E-state index is 0.436. The van der Waals surface area contributed by atoms with Crippen LogP contribution in [0, 0.1) is 19.8 Å². The van der Waals surface area contributed by atoms with E-state index < -0.39 is 0 Å². The Morgan fingerprint density at radius 3 is 2.20 bits per heavy atom. The lowest BCUT2D eigenvalue weighted by molar-refractivity contribution is 0.449. The Morgan fingerprint density at radius 1 is 1.10 bits per heavy atom. The van der Waals surface area contributed by atoms with Crippen LogP contribution in [0.25, 0.3) is 10.4 Å². The molecule has 0 aliphatic rings. The predicted octanol–water partition coefficient (Wildman–Crippen LogP) is 5.71. The van der Waals surface area contributed by atoms with E-state index in [4.69, 9.17) is 0 Å². The van der Waals surface area contributed by atoms with Gasteiger partial charge in [0.15, 0.2) is 0 Å². The molecule has 0 fully saturated rings. The summed E-state index contributed by atoms with van der Waals surface area (Å²) in [5.41, 5.74) is 3.91. The molecule has 108 valence electrons. The number of hydrogen-bond acceptors (Lipinski definition) is 2. The van der Waals surface area contributed by atoms with Crippen LogP contribution in [0.15, 0.2) is 28.7 Å². The van der Waals surface area contributed by atoms with Crippen molar-refractivity contribution >= 4 is 27.3 Å². The first-order chi connectivity index (χ1) is 9.43. The zero-order valence-corrected chi connectivity index (χ0v) is 15.2. The van der Waals surface area contributed by atoms with Crippen LogP contribution in [0.5, 0.6) is 0 Å². The van der Waals surface area contributed by atoms with Gasteiger partial charge in [-0.25, -0.2) is 0 Å². The van der Waals surface area contributed by atoms with E-state index in [1.54, 1.807) is 0 Å². The number of thiophene rings is 1. The Labute approximate surface area is 134 Å². The van der Waals surface area contributed by atoms with Gasteiger partial charge in [0.25, 0.3) is 0 Å². The van der Waals surface area contributed by atoms with Gasteiger partial charge in [-0.3, -0.25) is 0 Å². The average Bonchev–Trinajstić information content (AvgIpc) is 2.85. The number of benzene rings is 1. The quantitative estimate of drug-likeness (QED) is 0.743. The van der Waals surface area contributed by atoms with E-state index in [9.17, 15) is 0 Å². The van der Waals surface area contributed by atoms with Gasteiger partial charge < -0.3 is 5.32 Å². The van der Waals surface area contributed by atoms with Gasteiger partial charge in [0.1, 0.15) is 0 Å². The summed E-state index contributed by atoms with van der Waals surface area (Å²) in [5.74, 6) is 0.597. The fraction of sp³-hybridized carbons (Fsp3) is 0.412. The molecule has 0 radical (unpaired) electrons. The summed E-state index contributed by atoms with van der Waals surface area (Å²) in [6, 6.07) is 9.46. The molecule has 1 heterocycles. The van der Waals surface area contributed by atoms with Crippen molar-refractivity contribution in [1.29, 1.82) is 0 Å². The normalized spacial score (nSPS) is 12.9. The van der Waals surface area contributed by atoms with Crippen LogP contribution in [-0.4, -0.2) is 7.05 Å². The van der Waals surface area contributed by atoms with E-state index in [-0.39, 0.29) is 0 Å². The van der Waals surface area contributed by atoms with Gasteiger partial charge in [0.05, 0.1) is 0 Å². The van der Waals surface area contributed by atoms with Gasteiger partial charge >= 0.3 is 0 Å². The molecular formula is C17H22BrNS. The van der Waals surface area contributed by atoms with Crippen molar-refractivity contribution in [2.75, 3.05) is 7.05 Å². The standard InChI is InChI=1S/C17H22BrNS/c1-10(2)17(19-5)15-7-6-14(20-15)13-8-11(3)16(18)12(4)9-13/h6-10,17,19H,1-5H3. The molecule has 1 N–H and O–H groups in total. The molecule has 0 saturated heterocycles. The minimum Gasteiger partial charge on any atom is -0.312 e. The van der Waals surface area contributed by atoms with Gasteiger partial charge in [0, 0.05) is 20.3 Å². The number of aryl methyl sites for hydroxylation is 2. The van der Waals surface area contributed by atoms with Crippen molar-refractivity contribution in [1.82, 2.24) is 5.32 Å². The van der Waals surface area contributed by atoms with E-state index >= 15 is 0 Å². The van der Waals surface area contributed by atoms with Crippen molar-refractivity contribution in [3.63, 3.8) is 0 Å². The molecule has 2 aromatic rings. The summed E-state index contributed by atoms with van der Waals surface area (Å²) in [4.78, 5) is 2.76. The van der Waals surface area contributed by atoms with Crippen molar-refractivity contribution < 1.29 is 0 Å². The number of rotatable bonds is 4. The SMILES string of the molecule is CNC(c1ccc(-c2cc(C)c(Br)c(C)c2)s1)C(C)C. The largest absolute Gasteiger partial charge is 0.312 e. The lowest BCUT2D eigenvalue weighted by atomic mass is 10.0. The molecule has 1 aromatic heterocycles. The predicted molar refractivity (Wildman–Crippen MR) is 93.6 cm³/mol. The van der Waals surface area contributed by atoms with Crippen molar-refractivity contribution in [2.24, 2.45) is 5.92 Å². The number of nitrogens with one attached hydrogen (secondary N) is 1. The zero-order valence-electron chi connectivity index (χ0n) is 12.8. The molecule has 0 amide bonds. The van der Waals surface area contributed by atoms with E-state index in [1.165, 1.54) is 30.9 Å². The van der Waals surface area contributed by atoms with Gasteiger partial charge in [0.2, 0.25) is 0 Å². The molecule has 0 spiro atoms. The lowest BCUT2D eigenvalue weighted by Crippen LogP contribution is -2.20. The second-order valence-corrected chi connectivity index (χ2v) is 7.54. The smallest absolute Gasteiger partial charge is 0.0435 e. The van der Waals surface area contributed by atoms with E-state index in [0.717, 1.165) is 0 Å². The molecule has 0 bridgehead atoms. The van der Waals surface area contributed by atoms with Crippen molar-refractivity contribution in [3.8, 4) is 10.4 Å². The van der Waals surface area contributed by atoms with E-state index in [0.29, 0.717) is 12.0 Å². The summed E-state index contributed by atoms with van der Waals surface area (Å²) in [6.45, 7) is 8.82. The zero-order chi connectivity index (χ0) is 14.9. The first-order valence-corrected chi connectivity index (χ1v) is 8.59. The van der Waals surface area contributed by atoms with E-state index in [2.05, 4.69) is 73.2 Å². The Hall–Kier alpha value is -0.640. The Balaban J connectivity index is 2.38. The maximum atomic E-state index is 3.64. The highest BCUT2D eigenvalue weighted by Crippen LogP contribution is 2.36. The van der Waals surface area contributed by atoms with Gasteiger partial charge in [-0.05, 0) is 67.8 Å². The molecular weight excluding hydrogens is 330 g/mol. The maximum absolute atomic E-state index is 3.64. The third-order valence-electron chi connectivity index (χ3n) is 3.63. The van der Waals surface area contributed by atoms with Gasteiger partial charge in [-0.2, -0.15) is 0 Å². The fourth-order valence-electron chi connectivity index (χ4n) is 2.57. The van der Waals surface area contributed by atoms with Crippen LogP contribution in [0.4, 0.5) is 0 Å². The first-order valence-electron chi connectivity index (χ1n) is 6.98.